The lowest BCUT2D eigenvalue weighted by Crippen LogP contribution is -2.49. The van der Waals surface area contributed by atoms with Crippen LogP contribution in [0, 0.1) is 0 Å². The molecule has 0 unspecified atom stereocenters. The molecule has 0 aliphatic carbocycles. The summed E-state index contributed by atoms with van der Waals surface area (Å²) >= 11 is 1.42. The summed E-state index contributed by atoms with van der Waals surface area (Å²) in [4.78, 5) is 24.6. The van der Waals surface area contributed by atoms with E-state index in [0.29, 0.717) is 25.9 Å². The second kappa shape index (κ2) is 13.8. The van der Waals surface area contributed by atoms with Crippen molar-refractivity contribution in [3.05, 3.63) is 120 Å². The van der Waals surface area contributed by atoms with E-state index in [4.69, 9.17) is 4.98 Å². The number of rotatable bonds is 11. The summed E-state index contributed by atoms with van der Waals surface area (Å²) in [7, 11) is 0. The molecule has 5 rings (SSSR count). The summed E-state index contributed by atoms with van der Waals surface area (Å²) < 4.78 is 4.63. The van der Waals surface area contributed by atoms with E-state index in [0.717, 1.165) is 43.7 Å². The topological polar surface area (TPSA) is 52.6 Å². The number of nitrogens with zero attached hydrogens (tertiary/aromatic N) is 5. The van der Waals surface area contributed by atoms with Crippen LogP contribution in [-0.2, 0) is 17.8 Å². The van der Waals surface area contributed by atoms with Gasteiger partial charge in [-0.1, -0.05) is 103 Å². The summed E-state index contributed by atoms with van der Waals surface area (Å²) in [5.41, 5.74) is 3.61. The van der Waals surface area contributed by atoms with Gasteiger partial charge in [0, 0.05) is 70.2 Å². The molecule has 0 saturated carbocycles. The summed E-state index contributed by atoms with van der Waals surface area (Å²) in [6.45, 7) is 5.58. The second-order valence-corrected chi connectivity index (χ2v) is 10.5. The van der Waals surface area contributed by atoms with Crippen LogP contribution in [0.2, 0.25) is 0 Å². The third-order valence-electron chi connectivity index (χ3n) is 6.94. The number of carbonyl (C=O) groups is 1. The van der Waals surface area contributed by atoms with E-state index < -0.39 is 0 Å². The molecule has 39 heavy (non-hydrogen) atoms. The van der Waals surface area contributed by atoms with Gasteiger partial charge in [-0.2, -0.15) is 4.37 Å². The standard InChI is InChI=1S/C32H35N5OS/c38-31(36-23-21-35(22-24-36)19-10-17-27-11-4-1-5-12-27)18-20-37(26-29-15-8-3-9-16-29)32-33-30(34-39-32)25-28-13-6-2-7-14-28/h1-17H,18-26H2/b17-10+. The summed E-state index contributed by atoms with van der Waals surface area (Å²) in [6.07, 6.45) is 5.55. The van der Waals surface area contributed by atoms with Crippen LogP contribution in [0.4, 0.5) is 5.13 Å². The van der Waals surface area contributed by atoms with Gasteiger partial charge in [-0.3, -0.25) is 9.69 Å². The number of aromatic nitrogens is 2. The lowest BCUT2D eigenvalue weighted by Gasteiger charge is -2.34. The molecule has 0 N–H and O–H groups in total. The highest BCUT2D eigenvalue weighted by Gasteiger charge is 2.22. The van der Waals surface area contributed by atoms with E-state index in [1.54, 1.807) is 0 Å². The number of carbonyl (C=O) groups excluding carboxylic acids is 1. The van der Waals surface area contributed by atoms with Gasteiger partial charge in [0.15, 0.2) is 0 Å². The van der Waals surface area contributed by atoms with Gasteiger partial charge >= 0.3 is 0 Å². The van der Waals surface area contributed by atoms with Gasteiger partial charge in [0.1, 0.15) is 5.82 Å². The zero-order valence-corrected chi connectivity index (χ0v) is 23.0. The predicted molar refractivity (Wildman–Crippen MR) is 160 cm³/mol. The maximum Gasteiger partial charge on any atom is 0.224 e. The molecule has 4 aromatic rings. The third-order valence-corrected chi connectivity index (χ3v) is 7.76. The summed E-state index contributed by atoms with van der Waals surface area (Å²) in [6, 6.07) is 31.0. The Morgan fingerprint density at radius 2 is 1.49 bits per heavy atom. The van der Waals surface area contributed by atoms with Crippen molar-refractivity contribution < 1.29 is 4.79 Å². The van der Waals surface area contributed by atoms with Crippen molar-refractivity contribution in [2.45, 2.75) is 19.4 Å². The summed E-state index contributed by atoms with van der Waals surface area (Å²) in [5.74, 6) is 1.03. The molecule has 1 saturated heterocycles. The van der Waals surface area contributed by atoms with Gasteiger partial charge in [0.05, 0.1) is 0 Å². The smallest absolute Gasteiger partial charge is 0.224 e. The third kappa shape index (κ3) is 8.09. The zero-order valence-electron chi connectivity index (χ0n) is 22.2. The number of hydrogen-bond acceptors (Lipinski definition) is 6. The first-order chi connectivity index (χ1) is 19.2. The van der Waals surface area contributed by atoms with Crippen molar-refractivity contribution in [3.8, 4) is 0 Å². The molecular formula is C32H35N5OS. The molecule has 1 amide bonds. The minimum absolute atomic E-state index is 0.210. The molecule has 1 fully saturated rings. The highest BCUT2D eigenvalue weighted by atomic mass is 32.1. The minimum Gasteiger partial charge on any atom is -0.342 e. The minimum atomic E-state index is 0.210. The van der Waals surface area contributed by atoms with Crippen LogP contribution in [-0.4, -0.2) is 64.3 Å². The Morgan fingerprint density at radius 3 is 2.18 bits per heavy atom. The van der Waals surface area contributed by atoms with Crippen LogP contribution in [0.1, 0.15) is 28.9 Å². The van der Waals surface area contributed by atoms with Crippen LogP contribution in [0.5, 0.6) is 0 Å². The van der Waals surface area contributed by atoms with Crippen molar-refractivity contribution in [2.75, 3.05) is 44.2 Å². The average Bonchev–Trinajstić information content (AvgIpc) is 3.45. The first-order valence-corrected chi connectivity index (χ1v) is 14.4. The molecule has 3 aromatic carbocycles. The molecule has 0 radical (unpaired) electrons. The molecule has 2 heterocycles. The SMILES string of the molecule is O=C(CCN(Cc1ccccc1)c1nc(Cc2ccccc2)ns1)N1CCN(C/C=C/c2ccccc2)CC1. The lowest BCUT2D eigenvalue weighted by atomic mass is 10.1. The second-order valence-electron chi connectivity index (χ2n) is 9.81. The van der Waals surface area contributed by atoms with E-state index >= 15 is 0 Å². The van der Waals surface area contributed by atoms with Crippen molar-refractivity contribution >= 4 is 28.6 Å². The fourth-order valence-corrected chi connectivity index (χ4v) is 5.45. The molecular weight excluding hydrogens is 502 g/mol. The molecule has 1 aliphatic heterocycles. The first kappa shape index (κ1) is 26.8. The Hall–Kier alpha value is -3.81. The molecule has 0 atom stereocenters. The number of hydrogen-bond donors (Lipinski definition) is 0. The monoisotopic (exact) mass is 537 g/mol. The number of anilines is 1. The molecule has 6 nitrogen and oxygen atoms in total. The highest BCUT2D eigenvalue weighted by Crippen LogP contribution is 2.22. The van der Waals surface area contributed by atoms with Gasteiger partial charge in [-0.25, -0.2) is 4.98 Å². The number of benzene rings is 3. The van der Waals surface area contributed by atoms with Gasteiger partial charge in [0.2, 0.25) is 11.0 Å². The van der Waals surface area contributed by atoms with Gasteiger partial charge in [0.25, 0.3) is 0 Å². The molecule has 7 heteroatoms. The normalized spacial score (nSPS) is 14.1. The van der Waals surface area contributed by atoms with Crippen molar-refractivity contribution in [3.63, 3.8) is 0 Å². The van der Waals surface area contributed by atoms with Crippen LogP contribution < -0.4 is 4.90 Å². The van der Waals surface area contributed by atoms with E-state index in [-0.39, 0.29) is 5.91 Å². The molecule has 0 spiro atoms. The highest BCUT2D eigenvalue weighted by molar-refractivity contribution is 7.09. The van der Waals surface area contributed by atoms with Crippen molar-refractivity contribution in [1.82, 2.24) is 19.2 Å². The molecule has 1 aliphatic rings. The number of piperazine rings is 1. The molecule has 0 bridgehead atoms. The van der Waals surface area contributed by atoms with Gasteiger partial charge in [-0.15, -0.1) is 0 Å². The Kier molecular flexibility index (Phi) is 9.50. The zero-order chi connectivity index (χ0) is 26.7. The largest absolute Gasteiger partial charge is 0.342 e. The van der Waals surface area contributed by atoms with E-state index in [1.165, 1.54) is 28.2 Å². The predicted octanol–water partition coefficient (Wildman–Crippen LogP) is 5.38. The first-order valence-electron chi connectivity index (χ1n) is 13.6. The van der Waals surface area contributed by atoms with Gasteiger partial charge in [-0.05, 0) is 16.7 Å². The van der Waals surface area contributed by atoms with Crippen molar-refractivity contribution in [1.29, 1.82) is 0 Å². The Bertz CT molecular complexity index is 1320. The average molecular weight is 538 g/mol. The maximum absolute atomic E-state index is 13.2. The van der Waals surface area contributed by atoms with Crippen molar-refractivity contribution in [2.24, 2.45) is 0 Å². The molecule has 1 aromatic heterocycles. The maximum atomic E-state index is 13.2. The van der Waals surface area contributed by atoms with Crippen LogP contribution in [0.3, 0.4) is 0 Å². The van der Waals surface area contributed by atoms with Gasteiger partial charge < -0.3 is 9.80 Å². The van der Waals surface area contributed by atoms with E-state index in [1.807, 2.05) is 47.4 Å². The van der Waals surface area contributed by atoms with Crippen LogP contribution in [0.15, 0.2) is 97.1 Å². The van der Waals surface area contributed by atoms with Crippen LogP contribution in [0.25, 0.3) is 6.08 Å². The van der Waals surface area contributed by atoms with Crippen LogP contribution >= 0.6 is 11.5 Å². The summed E-state index contributed by atoms with van der Waals surface area (Å²) in [5, 5.41) is 0.868. The Morgan fingerprint density at radius 1 is 0.846 bits per heavy atom. The quantitative estimate of drug-likeness (QED) is 0.257. The Labute approximate surface area is 235 Å². The lowest BCUT2D eigenvalue weighted by molar-refractivity contribution is -0.132. The number of amides is 1. The van der Waals surface area contributed by atoms with E-state index in [9.17, 15) is 4.79 Å². The Balaban J connectivity index is 1.14. The fraction of sp³-hybridized carbons (Fsp3) is 0.281. The van der Waals surface area contributed by atoms with E-state index in [2.05, 4.69) is 74.9 Å². The fourth-order valence-electron chi connectivity index (χ4n) is 4.74. The molecule has 200 valence electrons.